The molecule has 0 amide bonds. The van der Waals surface area contributed by atoms with Crippen molar-refractivity contribution in [2.45, 2.75) is 44.2 Å². The van der Waals surface area contributed by atoms with E-state index in [-0.39, 0.29) is 0 Å². The smallest absolute Gasteiger partial charge is 0.124 e. The molecule has 0 bridgehead atoms. The number of methoxy groups -OCH3 is 1. The van der Waals surface area contributed by atoms with Crippen LogP contribution in [0.2, 0.25) is 0 Å². The average Bonchev–Trinajstić information content (AvgIpc) is 2.76. The van der Waals surface area contributed by atoms with E-state index >= 15 is 0 Å². The van der Waals surface area contributed by atoms with Crippen LogP contribution in [0.15, 0.2) is 48.5 Å². The quantitative estimate of drug-likeness (QED) is 0.845. The maximum absolute atomic E-state index is 11.3. The van der Waals surface area contributed by atoms with Crippen molar-refractivity contribution in [3.8, 4) is 5.75 Å². The van der Waals surface area contributed by atoms with Gasteiger partial charge in [0.1, 0.15) is 5.75 Å². The fourth-order valence-corrected chi connectivity index (χ4v) is 4.71. The van der Waals surface area contributed by atoms with Crippen LogP contribution in [0.3, 0.4) is 0 Å². The SMILES string of the molecule is COc1ccccc1C1(O)CCN(Cc2ccccc2N2CCCCC2)CC1. The van der Waals surface area contributed by atoms with Crippen LogP contribution >= 0.6 is 0 Å². The van der Waals surface area contributed by atoms with Crippen molar-refractivity contribution < 1.29 is 9.84 Å². The van der Waals surface area contributed by atoms with Crippen molar-refractivity contribution in [1.82, 2.24) is 4.90 Å². The molecular formula is C24H32N2O2. The fourth-order valence-electron chi connectivity index (χ4n) is 4.71. The first-order valence-corrected chi connectivity index (χ1v) is 10.6. The molecule has 4 heteroatoms. The molecule has 2 fully saturated rings. The van der Waals surface area contributed by atoms with Crippen molar-refractivity contribution in [3.63, 3.8) is 0 Å². The molecule has 0 radical (unpaired) electrons. The lowest BCUT2D eigenvalue weighted by Gasteiger charge is -2.39. The number of nitrogens with zero attached hydrogens (tertiary/aromatic N) is 2. The maximum Gasteiger partial charge on any atom is 0.124 e. The van der Waals surface area contributed by atoms with Crippen molar-refractivity contribution in [1.29, 1.82) is 0 Å². The van der Waals surface area contributed by atoms with Gasteiger partial charge in [-0.15, -0.1) is 0 Å². The Balaban J connectivity index is 1.44. The Morgan fingerprint density at radius 1 is 0.893 bits per heavy atom. The lowest BCUT2D eigenvalue weighted by atomic mass is 9.83. The Morgan fingerprint density at radius 3 is 2.32 bits per heavy atom. The van der Waals surface area contributed by atoms with Gasteiger partial charge in [-0.05, 0) is 49.8 Å². The summed E-state index contributed by atoms with van der Waals surface area (Å²) in [4.78, 5) is 5.03. The molecule has 4 rings (SSSR count). The summed E-state index contributed by atoms with van der Waals surface area (Å²) in [5, 5.41) is 11.3. The normalized spacial score (nSPS) is 20.1. The van der Waals surface area contributed by atoms with Crippen molar-refractivity contribution in [3.05, 3.63) is 59.7 Å². The number of hydrogen-bond donors (Lipinski definition) is 1. The van der Waals surface area contributed by atoms with Gasteiger partial charge >= 0.3 is 0 Å². The second-order valence-electron chi connectivity index (χ2n) is 8.18. The summed E-state index contributed by atoms with van der Waals surface area (Å²) in [6.45, 7) is 5.08. The zero-order valence-electron chi connectivity index (χ0n) is 16.9. The maximum atomic E-state index is 11.3. The van der Waals surface area contributed by atoms with Gasteiger partial charge in [-0.1, -0.05) is 36.4 Å². The van der Waals surface area contributed by atoms with E-state index in [0.29, 0.717) is 0 Å². The number of ether oxygens (including phenoxy) is 1. The molecule has 0 atom stereocenters. The van der Waals surface area contributed by atoms with Crippen molar-refractivity contribution >= 4 is 5.69 Å². The lowest BCUT2D eigenvalue weighted by Crippen LogP contribution is -2.42. The number of para-hydroxylation sites is 2. The molecule has 0 unspecified atom stereocenters. The first-order chi connectivity index (χ1) is 13.7. The number of hydrogen-bond acceptors (Lipinski definition) is 4. The second-order valence-corrected chi connectivity index (χ2v) is 8.18. The summed E-state index contributed by atoms with van der Waals surface area (Å²) in [6, 6.07) is 16.7. The molecule has 2 aromatic carbocycles. The highest BCUT2D eigenvalue weighted by atomic mass is 16.5. The Kier molecular flexibility index (Phi) is 5.88. The van der Waals surface area contributed by atoms with Crippen molar-refractivity contribution in [2.24, 2.45) is 0 Å². The molecule has 1 N–H and O–H groups in total. The van der Waals surface area contributed by atoms with E-state index in [1.54, 1.807) is 7.11 Å². The average molecular weight is 381 g/mol. The summed E-state index contributed by atoms with van der Waals surface area (Å²) in [6.07, 6.45) is 5.42. The molecule has 150 valence electrons. The van der Waals surface area contributed by atoms with Gasteiger partial charge in [-0.3, -0.25) is 4.90 Å². The van der Waals surface area contributed by atoms with Gasteiger partial charge in [0, 0.05) is 44.0 Å². The summed E-state index contributed by atoms with van der Waals surface area (Å²) >= 11 is 0. The Hall–Kier alpha value is -2.04. The van der Waals surface area contributed by atoms with Crippen LogP contribution in [0, 0.1) is 0 Å². The predicted molar refractivity (Wildman–Crippen MR) is 114 cm³/mol. The summed E-state index contributed by atoms with van der Waals surface area (Å²) in [5.41, 5.74) is 2.93. The monoisotopic (exact) mass is 380 g/mol. The molecule has 28 heavy (non-hydrogen) atoms. The van der Waals surface area contributed by atoms with E-state index < -0.39 is 5.60 Å². The standard InChI is InChI=1S/C24H32N2O2/c1-28-23-12-6-4-10-21(23)24(27)13-17-25(18-14-24)19-20-9-3-5-11-22(20)26-15-7-2-8-16-26/h3-6,9-12,27H,2,7-8,13-19H2,1H3. The predicted octanol–water partition coefficient (Wildman–Crippen LogP) is 4.17. The highest BCUT2D eigenvalue weighted by Crippen LogP contribution is 2.38. The van der Waals surface area contributed by atoms with E-state index in [1.807, 2.05) is 24.3 Å². The number of piperidine rings is 2. The first kappa shape index (κ1) is 19.3. The van der Waals surface area contributed by atoms with Crippen LogP contribution in [-0.2, 0) is 12.1 Å². The van der Waals surface area contributed by atoms with E-state index in [9.17, 15) is 5.11 Å². The number of likely N-dealkylation sites (tertiary alicyclic amines) is 1. The van der Waals surface area contributed by atoms with Gasteiger partial charge in [0.25, 0.3) is 0 Å². The minimum absolute atomic E-state index is 0.735. The zero-order valence-corrected chi connectivity index (χ0v) is 16.9. The van der Waals surface area contributed by atoms with Crippen LogP contribution in [0.4, 0.5) is 5.69 Å². The van der Waals surface area contributed by atoms with Crippen LogP contribution in [0.25, 0.3) is 0 Å². The summed E-state index contributed by atoms with van der Waals surface area (Å²) in [5.74, 6) is 0.786. The zero-order chi connectivity index (χ0) is 19.4. The van der Waals surface area contributed by atoms with Crippen LogP contribution in [0.5, 0.6) is 5.75 Å². The highest BCUT2D eigenvalue weighted by molar-refractivity contribution is 5.54. The third-order valence-electron chi connectivity index (χ3n) is 6.37. The third-order valence-corrected chi connectivity index (χ3v) is 6.37. The molecule has 0 aromatic heterocycles. The number of rotatable bonds is 5. The van der Waals surface area contributed by atoms with Crippen LogP contribution in [0.1, 0.15) is 43.2 Å². The fraction of sp³-hybridized carbons (Fsp3) is 0.500. The highest BCUT2D eigenvalue weighted by Gasteiger charge is 2.36. The number of benzene rings is 2. The van der Waals surface area contributed by atoms with Gasteiger partial charge < -0.3 is 14.7 Å². The Labute approximate surface area is 168 Å². The molecule has 2 saturated heterocycles. The van der Waals surface area contributed by atoms with E-state index in [2.05, 4.69) is 34.1 Å². The van der Waals surface area contributed by atoms with Crippen LogP contribution < -0.4 is 9.64 Å². The molecule has 0 spiro atoms. The topological polar surface area (TPSA) is 35.9 Å². The molecule has 2 aromatic rings. The van der Waals surface area contributed by atoms with E-state index in [1.165, 1.54) is 43.6 Å². The minimum Gasteiger partial charge on any atom is -0.496 e. The molecule has 2 heterocycles. The Morgan fingerprint density at radius 2 is 1.57 bits per heavy atom. The number of aliphatic hydroxyl groups is 1. The minimum atomic E-state index is -0.796. The second kappa shape index (κ2) is 8.54. The Bertz CT molecular complexity index is 778. The van der Waals surface area contributed by atoms with Crippen molar-refractivity contribution in [2.75, 3.05) is 38.2 Å². The molecule has 0 saturated carbocycles. The summed E-state index contributed by atoms with van der Waals surface area (Å²) < 4.78 is 5.49. The first-order valence-electron chi connectivity index (χ1n) is 10.6. The lowest BCUT2D eigenvalue weighted by molar-refractivity contribution is -0.0292. The largest absolute Gasteiger partial charge is 0.496 e. The summed E-state index contributed by atoms with van der Waals surface area (Å²) in [7, 11) is 1.68. The molecule has 2 aliphatic heterocycles. The molecule has 4 nitrogen and oxygen atoms in total. The van der Waals surface area contributed by atoms with Crippen LogP contribution in [-0.4, -0.2) is 43.3 Å². The third kappa shape index (κ3) is 4.03. The van der Waals surface area contributed by atoms with Gasteiger partial charge in [0.05, 0.1) is 12.7 Å². The molecule has 2 aliphatic rings. The van der Waals surface area contributed by atoms with Gasteiger partial charge in [0.15, 0.2) is 0 Å². The van der Waals surface area contributed by atoms with Gasteiger partial charge in [-0.2, -0.15) is 0 Å². The van der Waals surface area contributed by atoms with Gasteiger partial charge in [0.2, 0.25) is 0 Å². The van der Waals surface area contributed by atoms with E-state index in [0.717, 1.165) is 43.8 Å². The molecule has 0 aliphatic carbocycles. The van der Waals surface area contributed by atoms with E-state index in [4.69, 9.17) is 4.74 Å². The van der Waals surface area contributed by atoms with Gasteiger partial charge in [-0.25, -0.2) is 0 Å². The number of anilines is 1. The molecular weight excluding hydrogens is 348 g/mol.